The van der Waals surface area contributed by atoms with Crippen molar-refractivity contribution in [1.29, 1.82) is 0 Å². The van der Waals surface area contributed by atoms with Gasteiger partial charge in [-0.2, -0.15) is 0 Å². The minimum atomic E-state index is -0.545. The summed E-state index contributed by atoms with van der Waals surface area (Å²) >= 11 is 0. The number of Topliss-reactive ketones (excluding diaryl/α,β-unsaturated/α-hetero) is 1. The Labute approximate surface area is 95.0 Å². The zero-order valence-corrected chi connectivity index (χ0v) is 8.89. The highest BCUT2D eigenvalue weighted by Gasteiger charge is 2.12. The van der Waals surface area contributed by atoms with Crippen LogP contribution in [0.25, 0.3) is 10.9 Å². The number of ketones is 1. The normalized spacial score (nSPS) is 10.4. The predicted molar refractivity (Wildman–Crippen MR) is 61.2 cm³/mol. The number of hydrogen-bond donors (Lipinski definition) is 1. The van der Waals surface area contributed by atoms with E-state index in [1.165, 1.54) is 31.3 Å². The van der Waals surface area contributed by atoms with E-state index in [-0.39, 0.29) is 22.4 Å². The summed E-state index contributed by atoms with van der Waals surface area (Å²) < 4.78 is 0. The molecule has 1 aromatic heterocycles. The number of nitro benzene ring substituents is 1. The van der Waals surface area contributed by atoms with Gasteiger partial charge in [-0.05, 0) is 13.0 Å². The number of nitrogens with one attached hydrogen (secondary N) is 1. The average molecular weight is 232 g/mol. The fraction of sp³-hybridized carbons (Fsp3) is 0.0909. The number of nitro groups is 1. The molecular weight excluding hydrogens is 224 g/mol. The summed E-state index contributed by atoms with van der Waals surface area (Å²) in [6.45, 7) is 1.29. The monoisotopic (exact) mass is 232 g/mol. The van der Waals surface area contributed by atoms with E-state index in [4.69, 9.17) is 0 Å². The molecule has 6 nitrogen and oxygen atoms in total. The highest BCUT2D eigenvalue weighted by atomic mass is 16.6. The molecule has 0 fully saturated rings. The largest absolute Gasteiger partial charge is 0.360 e. The third kappa shape index (κ3) is 1.80. The molecule has 0 amide bonds. The van der Waals surface area contributed by atoms with Gasteiger partial charge in [0.25, 0.3) is 5.69 Å². The van der Waals surface area contributed by atoms with Crippen LogP contribution in [0.1, 0.15) is 17.3 Å². The molecule has 0 spiro atoms. The second-order valence-electron chi connectivity index (χ2n) is 3.57. The first-order chi connectivity index (χ1) is 8.00. The fourth-order valence-corrected chi connectivity index (χ4v) is 1.59. The zero-order valence-electron chi connectivity index (χ0n) is 8.89. The van der Waals surface area contributed by atoms with Crippen LogP contribution >= 0.6 is 0 Å². The van der Waals surface area contributed by atoms with E-state index < -0.39 is 10.4 Å². The van der Waals surface area contributed by atoms with Gasteiger partial charge in [-0.15, -0.1) is 0 Å². The molecule has 86 valence electrons. The molecule has 0 saturated carbocycles. The minimum Gasteiger partial charge on any atom is -0.360 e. The smallest absolute Gasteiger partial charge is 0.271 e. The number of carbonyl (C=O) groups is 1. The molecule has 1 heterocycles. The van der Waals surface area contributed by atoms with E-state index in [0.717, 1.165) is 0 Å². The van der Waals surface area contributed by atoms with Crippen LogP contribution in [0.5, 0.6) is 0 Å². The van der Waals surface area contributed by atoms with E-state index in [9.17, 15) is 19.7 Å². The molecule has 1 N–H and O–H groups in total. The van der Waals surface area contributed by atoms with Crippen LogP contribution in [-0.4, -0.2) is 15.7 Å². The molecule has 6 heteroatoms. The Bertz CT molecular complexity index is 687. The Balaban J connectivity index is 2.77. The second-order valence-corrected chi connectivity index (χ2v) is 3.57. The fourth-order valence-electron chi connectivity index (χ4n) is 1.59. The summed E-state index contributed by atoms with van der Waals surface area (Å²) in [5.41, 5.74) is -0.134. The van der Waals surface area contributed by atoms with Gasteiger partial charge in [0.2, 0.25) is 0 Å². The summed E-state index contributed by atoms with van der Waals surface area (Å²) in [7, 11) is 0. The number of fused-ring (bicyclic) bond motifs is 1. The van der Waals surface area contributed by atoms with Crippen molar-refractivity contribution >= 4 is 22.4 Å². The van der Waals surface area contributed by atoms with Crippen molar-refractivity contribution in [2.75, 3.05) is 0 Å². The first-order valence-electron chi connectivity index (χ1n) is 4.81. The maximum Gasteiger partial charge on any atom is 0.271 e. The van der Waals surface area contributed by atoms with Crippen molar-refractivity contribution in [3.05, 3.63) is 50.3 Å². The van der Waals surface area contributed by atoms with Gasteiger partial charge in [-0.1, -0.05) is 0 Å². The maximum absolute atomic E-state index is 11.8. The van der Waals surface area contributed by atoms with E-state index in [0.29, 0.717) is 5.52 Å². The zero-order chi connectivity index (χ0) is 12.6. The molecule has 0 aliphatic rings. The topological polar surface area (TPSA) is 93.1 Å². The number of rotatable bonds is 2. The van der Waals surface area contributed by atoms with E-state index in [2.05, 4.69) is 4.98 Å². The van der Waals surface area contributed by atoms with Gasteiger partial charge < -0.3 is 4.98 Å². The maximum atomic E-state index is 11.8. The number of aromatic nitrogens is 1. The Morgan fingerprint density at radius 3 is 2.71 bits per heavy atom. The number of pyridine rings is 1. The molecule has 2 rings (SSSR count). The van der Waals surface area contributed by atoms with Gasteiger partial charge in [0.15, 0.2) is 11.2 Å². The second kappa shape index (κ2) is 3.82. The van der Waals surface area contributed by atoms with Crippen LogP contribution < -0.4 is 5.43 Å². The molecule has 17 heavy (non-hydrogen) atoms. The van der Waals surface area contributed by atoms with Gasteiger partial charge in [0.1, 0.15) is 0 Å². The molecular formula is C11H8N2O4. The molecule has 0 bridgehead atoms. The first kappa shape index (κ1) is 11.0. The van der Waals surface area contributed by atoms with Crippen molar-refractivity contribution in [2.45, 2.75) is 6.92 Å². The Hall–Kier alpha value is -2.50. The van der Waals surface area contributed by atoms with E-state index in [1.54, 1.807) is 0 Å². The van der Waals surface area contributed by atoms with Gasteiger partial charge in [-0.3, -0.25) is 19.7 Å². The summed E-state index contributed by atoms with van der Waals surface area (Å²) in [6.07, 6.45) is 1.27. The standard InChI is InChI=1S/C11H8N2O4/c1-6(14)9-5-12-10-4-7(13(16)17)2-3-8(10)11(9)15/h2-5H,1H3,(H,12,15). The molecule has 2 aromatic rings. The number of H-pyrrole nitrogens is 1. The average Bonchev–Trinajstić information content (AvgIpc) is 2.28. The highest BCUT2D eigenvalue weighted by molar-refractivity contribution is 5.97. The highest BCUT2D eigenvalue weighted by Crippen LogP contribution is 2.16. The van der Waals surface area contributed by atoms with Crippen LogP contribution in [0, 0.1) is 10.1 Å². The van der Waals surface area contributed by atoms with E-state index >= 15 is 0 Å². The number of aromatic amines is 1. The van der Waals surface area contributed by atoms with Gasteiger partial charge >= 0.3 is 0 Å². The summed E-state index contributed by atoms with van der Waals surface area (Å²) in [6, 6.07) is 3.85. The van der Waals surface area contributed by atoms with Crippen LogP contribution in [0.2, 0.25) is 0 Å². The Morgan fingerprint density at radius 2 is 2.12 bits per heavy atom. The van der Waals surface area contributed by atoms with Gasteiger partial charge in [-0.25, -0.2) is 0 Å². The van der Waals surface area contributed by atoms with Gasteiger partial charge in [0, 0.05) is 23.7 Å². The van der Waals surface area contributed by atoms with Crippen molar-refractivity contribution in [3.8, 4) is 0 Å². The predicted octanol–water partition coefficient (Wildman–Crippen LogP) is 1.64. The molecule has 0 atom stereocenters. The summed E-state index contributed by atoms with van der Waals surface area (Å²) in [5, 5.41) is 10.8. The van der Waals surface area contributed by atoms with Crippen LogP contribution in [-0.2, 0) is 0 Å². The minimum absolute atomic E-state index is 0.0475. The molecule has 0 unspecified atom stereocenters. The van der Waals surface area contributed by atoms with E-state index in [1.807, 2.05) is 0 Å². The molecule has 0 radical (unpaired) electrons. The SMILES string of the molecule is CC(=O)c1c[nH]c2cc([N+](=O)[O-])ccc2c1=O. The Morgan fingerprint density at radius 1 is 1.41 bits per heavy atom. The Kier molecular flexibility index (Phi) is 2.47. The van der Waals surface area contributed by atoms with Crippen molar-refractivity contribution in [1.82, 2.24) is 4.98 Å². The molecule has 0 aliphatic carbocycles. The lowest BCUT2D eigenvalue weighted by atomic mass is 10.1. The lowest BCUT2D eigenvalue weighted by molar-refractivity contribution is -0.384. The molecule has 1 aromatic carbocycles. The summed E-state index contributed by atoms with van der Waals surface area (Å²) in [5.74, 6) is -0.341. The van der Waals surface area contributed by atoms with Crippen LogP contribution in [0.15, 0.2) is 29.2 Å². The first-order valence-corrected chi connectivity index (χ1v) is 4.81. The lowest BCUT2D eigenvalue weighted by Crippen LogP contribution is -2.13. The van der Waals surface area contributed by atoms with Crippen molar-refractivity contribution < 1.29 is 9.72 Å². The van der Waals surface area contributed by atoms with Crippen molar-refractivity contribution in [3.63, 3.8) is 0 Å². The van der Waals surface area contributed by atoms with Crippen LogP contribution in [0.3, 0.4) is 0 Å². The van der Waals surface area contributed by atoms with Crippen molar-refractivity contribution in [2.24, 2.45) is 0 Å². The van der Waals surface area contributed by atoms with Crippen LogP contribution in [0.4, 0.5) is 5.69 Å². The molecule has 0 aliphatic heterocycles. The number of carbonyl (C=O) groups excluding carboxylic acids is 1. The summed E-state index contributed by atoms with van der Waals surface area (Å²) in [4.78, 5) is 35.7. The third-order valence-corrected chi connectivity index (χ3v) is 2.45. The third-order valence-electron chi connectivity index (χ3n) is 2.45. The quantitative estimate of drug-likeness (QED) is 0.483. The number of nitrogens with zero attached hydrogens (tertiary/aromatic N) is 1. The number of non-ortho nitro benzene ring substituents is 1. The van der Waals surface area contributed by atoms with Gasteiger partial charge in [0.05, 0.1) is 16.0 Å². The lowest BCUT2D eigenvalue weighted by Gasteiger charge is -2.00. The molecule has 0 saturated heterocycles. The number of hydrogen-bond acceptors (Lipinski definition) is 4. The number of benzene rings is 1.